The number of fused-ring (bicyclic) bond motifs is 2. The van der Waals surface area contributed by atoms with Crippen molar-refractivity contribution in [1.29, 1.82) is 0 Å². The molecule has 0 aromatic heterocycles. The molecular weight excluding hydrogens is 488 g/mol. The summed E-state index contributed by atoms with van der Waals surface area (Å²) < 4.78 is 12.0. The molecule has 1 aliphatic carbocycles. The molecule has 5 rings (SSSR count). The van der Waals surface area contributed by atoms with Crippen molar-refractivity contribution in [3.63, 3.8) is 0 Å². The summed E-state index contributed by atoms with van der Waals surface area (Å²) >= 11 is 0. The third-order valence-corrected chi connectivity index (χ3v) is 8.88. The molecule has 204 valence electrons. The van der Waals surface area contributed by atoms with Crippen LogP contribution in [0.3, 0.4) is 0 Å². The van der Waals surface area contributed by atoms with Crippen molar-refractivity contribution >= 4 is 22.6 Å². The highest BCUT2D eigenvalue weighted by Crippen LogP contribution is 2.54. The van der Waals surface area contributed by atoms with Gasteiger partial charge in [0.1, 0.15) is 11.4 Å². The van der Waals surface area contributed by atoms with Gasteiger partial charge >= 0.3 is 5.97 Å². The number of amides is 1. The van der Waals surface area contributed by atoms with E-state index in [2.05, 4.69) is 29.7 Å². The Morgan fingerprint density at radius 2 is 1.87 bits per heavy atom. The number of nitrogens with zero attached hydrogens (tertiary/aromatic N) is 2. The summed E-state index contributed by atoms with van der Waals surface area (Å²) in [7, 11) is 3.58. The lowest BCUT2D eigenvalue weighted by Crippen LogP contribution is -2.68. The number of likely N-dealkylation sites (tertiary alicyclic amines) is 1. The van der Waals surface area contributed by atoms with Crippen LogP contribution in [0, 0.1) is 0 Å². The van der Waals surface area contributed by atoms with Crippen molar-refractivity contribution < 1.29 is 19.1 Å². The van der Waals surface area contributed by atoms with E-state index in [1.807, 2.05) is 66.6 Å². The number of benzene rings is 3. The molecule has 0 bridgehead atoms. The van der Waals surface area contributed by atoms with Crippen LogP contribution in [0.2, 0.25) is 0 Å². The second kappa shape index (κ2) is 10.9. The van der Waals surface area contributed by atoms with Gasteiger partial charge in [0, 0.05) is 44.1 Å². The Labute approximate surface area is 231 Å². The number of esters is 1. The fourth-order valence-corrected chi connectivity index (χ4v) is 6.94. The summed E-state index contributed by atoms with van der Waals surface area (Å²) in [6, 6.07) is 22.1. The van der Waals surface area contributed by atoms with Crippen LogP contribution in [0.25, 0.3) is 10.8 Å². The monoisotopic (exact) mass is 526 g/mol. The van der Waals surface area contributed by atoms with Crippen LogP contribution in [0.15, 0.2) is 79.4 Å². The second-order valence-corrected chi connectivity index (χ2v) is 11.1. The van der Waals surface area contributed by atoms with E-state index in [0.717, 1.165) is 48.0 Å². The average molecular weight is 527 g/mol. The third kappa shape index (κ3) is 4.94. The van der Waals surface area contributed by atoms with Crippen LogP contribution in [0.1, 0.15) is 48.5 Å². The predicted octanol–water partition coefficient (Wildman–Crippen LogP) is 5.60. The molecule has 39 heavy (non-hydrogen) atoms. The van der Waals surface area contributed by atoms with Gasteiger partial charge in [-0.3, -0.25) is 14.5 Å². The predicted molar refractivity (Wildman–Crippen MR) is 154 cm³/mol. The number of hydrogen-bond acceptors (Lipinski definition) is 5. The topological polar surface area (TPSA) is 59.1 Å². The van der Waals surface area contributed by atoms with Gasteiger partial charge < -0.3 is 14.4 Å². The number of carbonyl (C=O) groups is 2. The lowest BCUT2D eigenvalue weighted by molar-refractivity contribution is -0.188. The Morgan fingerprint density at radius 3 is 2.62 bits per heavy atom. The van der Waals surface area contributed by atoms with Crippen LogP contribution in [0.4, 0.5) is 0 Å². The van der Waals surface area contributed by atoms with E-state index in [1.54, 1.807) is 7.11 Å². The number of ether oxygens (including phenoxy) is 2. The van der Waals surface area contributed by atoms with E-state index in [1.165, 1.54) is 6.92 Å². The minimum atomic E-state index is -0.713. The first kappa shape index (κ1) is 26.9. The first-order chi connectivity index (χ1) is 18.8. The summed E-state index contributed by atoms with van der Waals surface area (Å²) in [6.45, 7) is 7.65. The maximum Gasteiger partial charge on any atom is 0.303 e. The molecule has 3 atom stereocenters. The zero-order valence-corrected chi connectivity index (χ0v) is 23.2. The Kier molecular flexibility index (Phi) is 7.50. The Bertz CT molecular complexity index is 1390. The highest BCUT2D eigenvalue weighted by Gasteiger charge is 2.61. The maximum absolute atomic E-state index is 13.8. The fourth-order valence-electron chi connectivity index (χ4n) is 6.94. The molecule has 1 amide bonds. The molecule has 0 radical (unpaired) electrons. The minimum absolute atomic E-state index is 0.00944. The molecule has 6 heteroatoms. The van der Waals surface area contributed by atoms with E-state index in [-0.39, 0.29) is 17.9 Å². The SMILES string of the molecule is C=CCN1CCC2(c3cccc(OC)c3)CC(N(C)C(=O)c3ccc4ccccc4c3)CCC2(OC(C)=O)C1. The first-order valence-corrected chi connectivity index (χ1v) is 13.7. The number of rotatable bonds is 7. The van der Waals surface area contributed by atoms with Gasteiger partial charge in [-0.25, -0.2) is 0 Å². The summed E-state index contributed by atoms with van der Waals surface area (Å²) in [6.07, 6.45) is 4.82. The molecule has 1 saturated carbocycles. The average Bonchev–Trinajstić information content (AvgIpc) is 2.95. The number of hydrogen-bond donors (Lipinski definition) is 0. The zero-order valence-electron chi connectivity index (χ0n) is 23.2. The van der Waals surface area contributed by atoms with E-state index in [0.29, 0.717) is 24.9 Å². The van der Waals surface area contributed by atoms with Gasteiger partial charge in [0.25, 0.3) is 5.91 Å². The van der Waals surface area contributed by atoms with Gasteiger partial charge in [-0.15, -0.1) is 6.58 Å². The quantitative estimate of drug-likeness (QED) is 0.296. The van der Waals surface area contributed by atoms with Gasteiger partial charge in [0.2, 0.25) is 0 Å². The summed E-state index contributed by atoms with van der Waals surface area (Å²) in [5, 5.41) is 2.17. The van der Waals surface area contributed by atoms with Crippen LogP contribution in [-0.4, -0.2) is 67.1 Å². The smallest absolute Gasteiger partial charge is 0.303 e. The Hall–Kier alpha value is -3.64. The lowest BCUT2D eigenvalue weighted by Gasteiger charge is -2.60. The number of methoxy groups -OCH3 is 1. The van der Waals surface area contributed by atoms with Crippen LogP contribution < -0.4 is 4.74 Å². The van der Waals surface area contributed by atoms with Crippen LogP contribution in [0.5, 0.6) is 5.75 Å². The zero-order chi connectivity index (χ0) is 27.6. The minimum Gasteiger partial charge on any atom is -0.497 e. The van der Waals surface area contributed by atoms with E-state index >= 15 is 0 Å². The van der Waals surface area contributed by atoms with Crippen LogP contribution in [-0.2, 0) is 14.9 Å². The summed E-state index contributed by atoms with van der Waals surface area (Å²) in [5.74, 6) is 0.507. The van der Waals surface area contributed by atoms with E-state index < -0.39 is 11.0 Å². The van der Waals surface area contributed by atoms with Gasteiger partial charge in [0.05, 0.1) is 7.11 Å². The molecule has 3 unspecified atom stereocenters. The van der Waals surface area contributed by atoms with Crippen molar-refractivity contribution in [2.45, 2.75) is 49.7 Å². The van der Waals surface area contributed by atoms with Crippen LogP contribution >= 0.6 is 0 Å². The van der Waals surface area contributed by atoms with Gasteiger partial charge in [-0.1, -0.05) is 48.5 Å². The Morgan fingerprint density at radius 1 is 1.08 bits per heavy atom. The second-order valence-electron chi connectivity index (χ2n) is 11.1. The Balaban J connectivity index is 1.53. The molecule has 1 aliphatic heterocycles. The van der Waals surface area contributed by atoms with Crippen molar-refractivity contribution in [3.05, 3.63) is 90.5 Å². The third-order valence-electron chi connectivity index (χ3n) is 8.88. The lowest BCUT2D eigenvalue weighted by atomic mass is 9.55. The van der Waals surface area contributed by atoms with Crippen molar-refractivity contribution in [1.82, 2.24) is 9.80 Å². The highest BCUT2D eigenvalue weighted by atomic mass is 16.6. The molecule has 6 nitrogen and oxygen atoms in total. The molecule has 2 aliphatic rings. The van der Waals surface area contributed by atoms with Crippen molar-refractivity contribution in [3.8, 4) is 5.75 Å². The molecule has 0 N–H and O–H groups in total. The van der Waals surface area contributed by atoms with E-state index in [4.69, 9.17) is 9.47 Å². The van der Waals surface area contributed by atoms with Crippen molar-refractivity contribution in [2.24, 2.45) is 0 Å². The highest BCUT2D eigenvalue weighted by molar-refractivity contribution is 5.98. The first-order valence-electron chi connectivity index (χ1n) is 13.7. The largest absolute Gasteiger partial charge is 0.497 e. The van der Waals surface area contributed by atoms with Crippen molar-refractivity contribution in [2.75, 3.05) is 33.8 Å². The number of carbonyl (C=O) groups excluding carboxylic acids is 2. The van der Waals surface area contributed by atoms with E-state index in [9.17, 15) is 9.59 Å². The summed E-state index contributed by atoms with van der Waals surface area (Å²) in [5.41, 5.74) is 0.600. The molecule has 2 fully saturated rings. The van der Waals surface area contributed by atoms with Gasteiger partial charge in [0.15, 0.2) is 0 Å². The molecule has 3 aromatic rings. The standard InChI is InChI=1S/C33H38N2O4/c1-5-18-35-19-17-32(28-11-8-12-30(21-28)38-4)22-29(15-16-33(32,23-35)39-24(2)36)34(3)31(37)27-14-13-25-9-6-7-10-26(25)20-27/h5-14,20-21,29H,1,15-19,22-23H2,2-4H3. The molecule has 1 saturated heterocycles. The normalized spacial score (nSPS) is 24.9. The molecule has 0 spiro atoms. The molecule has 1 heterocycles. The van der Waals surface area contributed by atoms with Gasteiger partial charge in [-0.05, 0) is 72.8 Å². The fraction of sp³-hybridized carbons (Fsp3) is 0.394. The molecule has 3 aromatic carbocycles. The number of piperidine rings is 1. The summed E-state index contributed by atoms with van der Waals surface area (Å²) in [4.78, 5) is 30.6. The molecular formula is C33H38N2O4. The maximum atomic E-state index is 13.8. The van der Waals surface area contributed by atoms with Gasteiger partial charge in [-0.2, -0.15) is 0 Å².